The van der Waals surface area contributed by atoms with Gasteiger partial charge in [-0.3, -0.25) is 0 Å². The molecule has 0 heterocycles. The predicted molar refractivity (Wildman–Crippen MR) is 79.3 cm³/mol. The largest absolute Gasteiger partial charge is 0.399 e. The van der Waals surface area contributed by atoms with Gasteiger partial charge in [-0.2, -0.15) is 0 Å². The van der Waals surface area contributed by atoms with Crippen molar-refractivity contribution in [3.63, 3.8) is 0 Å². The summed E-state index contributed by atoms with van der Waals surface area (Å²) in [5, 5.41) is 0. The van der Waals surface area contributed by atoms with Crippen LogP contribution in [0.1, 0.15) is 11.1 Å². The second-order valence-corrected chi connectivity index (χ2v) is 5.88. The number of hydrogen-bond donors (Lipinski definition) is 1. The molecule has 0 radical (unpaired) electrons. The molecule has 0 aliphatic rings. The molecule has 0 bridgehead atoms. The highest BCUT2D eigenvalue weighted by Crippen LogP contribution is 2.27. The second kappa shape index (κ2) is 5.61. The lowest BCUT2D eigenvalue weighted by atomic mass is 10.2. The SMILES string of the molecule is Cc1ccccc1SCc1cc(N)cc(Br)c1. The van der Waals surface area contributed by atoms with E-state index in [-0.39, 0.29) is 0 Å². The normalized spacial score (nSPS) is 10.5. The lowest BCUT2D eigenvalue weighted by Gasteiger charge is -2.06. The third-order valence-corrected chi connectivity index (χ3v) is 4.17. The summed E-state index contributed by atoms with van der Waals surface area (Å²) in [5.74, 6) is 0.939. The third-order valence-electron chi connectivity index (χ3n) is 2.47. The molecule has 0 unspecified atom stereocenters. The number of nitrogens with two attached hydrogens (primary N) is 1. The second-order valence-electron chi connectivity index (χ2n) is 3.95. The van der Waals surface area contributed by atoms with Crippen molar-refractivity contribution in [2.24, 2.45) is 0 Å². The smallest absolute Gasteiger partial charge is 0.0328 e. The molecule has 0 fully saturated rings. The van der Waals surface area contributed by atoms with E-state index in [0.717, 1.165) is 15.9 Å². The predicted octanol–water partition coefficient (Wildman–Crippen LogP) is 4.63. The van der Waals surface area contributed by atoms with Crippen molar-refractivity contribution >= 4 is 33.4 Å². The van der Waals surface area contributed by atoms with Crippen molar-refractivity contribution < 1.29 is 0 Å². The van der Waals surface area contributed by atoms with Gasteiger partial charge in [-0.15, -0.1) is 11.8 Å². The topological polar surface area (TPSA) is 26.0 Å². The molecule has 1 nitrogen and oxygen atoms in total. The number of benzene rings is 2. The lowest BCUT2D eigenvalue weighted by molar-refractivity contribution is 1.29. The molecular weight excluding hydrogens is 294 g/mol. The van der Waals surface area contributed by atoms with Crippen molar-refractivity contribution in [3.8, 4) is 0 Å². The van der Waals surface area contributed by atoms with E-state index in [9.17, 15) is 0 Å². The summed E-state index contributed by atoms with van der Waals surface area (Å²) >= 11 is 5.31. The van der Waals surface area contributed by atoms with Crippen LogP contribution in [0.3, 0.4) is 0 Å². The Morgan fingerprint density at radius 3 is 2.65 bits per heavy atom. The van der Waals surface area contributed by atoms with E-state index in [2.05, 4.69) is 53.2 Å². The Morgan fingerprint density at radius 1 is 1.18 bits per heavy atom. The summed E-state index contributed by atoms with van der Waals surface area (Å²) in [4.78, 5) is 1.33. The van der Waals surface area contributed by atoms with Crippen LogP contribution < -0.4 is 5.73 Å². The fraction of sp³-hybridized carbons (Fsp3) is 0.143. The van der Waals surface area contributed by atoms with Crippen LogP contribution in [0.25, 0.3) is 0 Å². The van der Waals surface area contributed by atoms with Crippen LogP contribution >= 0.6 is 27.7 Å². The van der Waals surface area contributed by atoms with Crippen molar-refractivity contribution in [1.29, 1.82) is 0 Å². The number of hydrogen-bond acceptors (Lipinski definition) is 2. The standard InChI is InChI=1S/C14H14BrNS/c1-10-4-2-3-5-14(10)17-9-11-6-12(15)8-13(16)7-11/h2-8H,9,16H2,1H3. The Labute approximate surface area is 115 Å². The molecule has 2 aromatic carbocycles. The first-order valence-electron chi connectivity index (χ1n) is 5.38. The summed E-state index contributed by atoms with van der Waals surface area (Å²) in [5.41, 5.74) is 9.19. The van der Waals surface area contributed by atoms with Gasteiger partial charge in [0.05, 0.1) is 0 Å². The molecule has 2 aromatic rings. The summed E-state index contributed by atoms with van der Waals surface area (Å²) in [7, 11) is 0. The van der Waals surface area contributed by atoms with Gasteiger partial charge in [0.1, 0.15) is 0 Å². The molecule has 0 atom stereocenters. The highest BCUT2D eigenvalue weighted by atomic mass is 79.9. The molecule has 0 spiro atoms. The van der Waals surface area contributed by atoms with E-state index in [4.69, 9.17) is 5.73 Å². The number of rotatable bonds is 3. The van der Waals surface area contributed by atoms with Gasteiger partial charge >= 0.3 is 0 Å². The third kappa shape index (κ3) is 3.51. The van der Waals surface area contributed by atoms with E-state index < -0.39 is 0 Å². The molecule has 0 amide bonds. The quantitative estimate of drug-likeness (QED) is 0.661. The average Bonchev–Trinajstić information content (AvgIpc) is 2.27. The Balaban J connectivity index is 2.10. The zero-order valence-electron chi connectivity index (χ0n) is 9.61. The van der Waals surface area contributed by atoms with Crippen molar-refractivity contribution in [3.05, 3.63) is 58.1 Å². The first-order valence-corrected chi connectivity index (χ1v) is 7.16. The number of thioether (sulfide) groups is 1. The van der Waals surface area contributed by atoms with Crippen molar-refractivity contribution in [1.82, 2.24) is 0 Å². The molecule has 0 aromatic heterocycles. The van der Waals surface area contributed by atoms with Crippen LogP contribution in [-0.4, -0.2) is 0 Å². The molecule has 3 heteroatoms. The van der Waals surface area contributed by atoms with E-state index >= 15 is 0 Å². The first kappa shape index (κ1) is 12.5. The van der Waals surface area contributed by atoms with Crippen LogP contribution in [0.5, 0.6) is 0 Å². The maximum atomic E-state index is 5.82. The Hall–Kier alpha value is -0.930. The van der Waals surface area contributed by atoms with Gasteiger partial charge in [0.2, 0.25) is 0 Å². The van der Waals surface area contributed by atoms with Crippen molar-refractivity contribution in [2.75, 3.05) is 5.73 Å². The molecule has 2 rings (SSSR count). The van der Waals surface area contributed by atoms with Crippen LogP contribution in [0.4, 0.5) is 5.69 Å². The van der Waals surface area contributed by atoms with Gasteiger partial charge in [-0.05, 0) is 42.3 Å². The van der Waals surface area contributed by atoms with E-state index in [0.29, 0.717) is 0 Å². The molecule has 0 aliphatic heterocycles. The molecule has 0 saturated carbocycles. The van der Waals surface area contributed by atoms with Gasteiger partial charge in [0.25, 0.3) is 0 Å². The minimum atomic E-state index is 0.805. The zero-order chi connectivity index (χ0) is 12.3. The maximum absolute atomic E-state index is 5.82. The van der Waals surface area contributed by atoms with Gasteiger partial charge in [-0.25, -0.2) is 0 Å². The Kier molecular flexibility index (Phi) is 4.13. The number of aryl methyl sites for hydroxylation is 1. The number of nitrogen functional groups attached to an aromatic ring is 1. The summed E-state index contributed by atoms with van der Waals surface area (Å²) in [6, 6.07) is 14.5. The van der Waals surface area contributed by atoms with Crippen LogP contribution in [-0.2, 0) is 5.75 Å². The maximum Gasteiger partial charge on any atom is 0.0328 e. The molecule has 17 heavy (non-hydrogen) atoms. The minimum Gasteiger partial charge on any atom is -0.399 e. The van der Waals surface area contributed by atoms with Crippen LogP contribution in [0.2, 0.25) is 0 Å². The van der Waals surface area contributed by atoms with Gasteiger partial charge in [0.15, 0.2) is 0 Å². The Morgan fingerprint density at radius 2 is 1.94 bits per heavy atom. The fourth-order valence-electron chi connectivity index (χ4n) is 1.64. The minimum absolute atomic E-state index is 0.805. The zero-order valence-corrected chi connectivity index (χ0v) is 12.0. The molecule has 0 saturated heterocycles. The molecular formula is C14H14BrNS. The van der Waals surface area contributed by atoms with E-state index in [1.54, 1.807) is 0 Å². The monoisotopic (exact) mass is 307 g/mol. The summed E-state index contributed by atoms with van der Waals surface area (Å²) in [6.45, 7) is 2.14. The van der Waals surface area contributed by atoms with E-state index in [1.165, 1.54) is 16.0 Å². The van der Waals surface area contributed by atoms with Crippen molar-refractivity contribution in [2.45, 2.75) is 17.6 Å². The highest BCUT2D eigenvalue weighted by Gasteiger charge is 2.01. The lowest BCUT2D eigenvalue weighted by Crippen LogP contribution is -1.88. The van der Waals surface area contributed by atoms with Gasteiger partial charge in [-0.1, -0.05) is 34.1 Å². The Bertz CT molecular complexity index is 505. The van der Waals surface area contributed by atoms with Gasteiger partial charge in [0, 0.05) is 20.8 Å². The highest BCUT2D eigenvalue weighted by molar-refractivity contribution is 9.10. The molecule has 88 valence electrons. The number of halogens is 1. The van der Waals surface area contributed by atoms with Gasteiger partial charge < -0.3 is 5.73 Å². The molecule has 2 N–H and O–H groups in total. The first-order chi connectivity index (χ1) is 8.15. The van der Waals surface area contributed by atoms with Crippen LogP contribution in [0.15, 0.2) is 51.8 Å². The average molecular weight is 308 g/mol. The number of anilines is 1. The molecule has 0 aliphatic carbocycles. The summed E-state index contributed by atoms with van der Waals surface area (Å²) in [6.07, 6.45) is 0. The fourth-order valence-corrected chi connectivity index (χ4v) is 3.16. The van der Waals surface area contributed by atoms with E-state index in [1.807, 2.05) is 23.9 Å². The summed E-state index contributed by atoms with van der Waals surface area (Å²) < 4.78 is 1.04. The van der Waals surface area contributed by atoms with Crippen LogP contribution in [0, 0.1) is 6.92 Å².